The van der Waals surface area contributed by atoms with Crippen LogP contribution in [0, 0.1) is 0 Å². The van der Waals surface area contributed by atoms with Crippen LogP contribution in [-0.2, 0) is 13.1 Å². The van der Waals surface area contributed by atoms with Gasteiger partial charge in [0.25, 0.3) is 0 Å². The predicted octanol–water partition coefficient (Wildman–Crippen LogP) is 3.41. The van der Waals surface area contributed by atoms with Gasteiger partial charge in [0.1, 0.15) is 0 Å². The molecule has 1 N–H and O–H groups in total. The summed E-state index contributed by atoms with van der Waals surface area (Å²) >= 11 is 1.79. The minimum atomic E-state index is 0.451. The van der Waals surface area contributed by atoms with Gasteiger partial charge in [-0.3, -0.25) is 4.98 Å². The van der Waals surface area contributed by atoms with E-state index in [0.29, 0.717) is 5.92 Å². The van der Waals surface area contributed by atoms with Gasteiger partial charge in [0, 0.05) is 24.2 Å². The first kappa shape index (κ1) is 15.9. The van der Waals surface area contributed by atoms with Crippen LogP contribution < -0.4 is 10.2 Å². The Morgan fingerprint density at radius 3 is 2.71 bits per heavy atom. The minimum absolute atomic E-state index is 0.451. The number of hydrogen-bond acceptors (Lipinski definition) is 5. The van der Waals surface area contributed by atoms with Crippen molar-refractivity contribution in [3.8, 4) is 0 Å². The maximum absolute atomic E-state index is 4.87. The summed E-state index contributed by atoms with van der Waals surface area (Å²) in [7, 11) is 1.98. The molecule has 0 aromatic carbocycles. The van der Waals surface area contributed by atoms with E-state index in [4.69, 9.17) is 4.98 Å². The molecule has 0 atom stereocenters. The molecule has 2 aromatic heterocycles. The van der Waals surface area contributed by atoms with E-state index in [-0.39, 0.29) is 0 Å². The lowest BCUT2D eigenvalue weighted by Gasteiger charge is -2.19. The Labute approximate surface area is 131 Å². The van der Waals surface area contributed by atoms with Gasteiger partial charge >= 0.3 is 0 Å². The molecule has 5 heteroatoms. The quantitative estimate of drug-likeness (QED) is 0.851. The molecule has 114 valence electrons. The second-order valence-corrected chi connectivity index (χ2v) is 6.39. The van der Waals surface area contributed by atoms with Crippen LogP contribution in [0.3, 0.4) is 0 Å². The van der Waals surface area contributed by atoms with E-state index in [2.05, 4.69) is 42.0 Å². The standard InChI is InChI=1S/C16H24N4S/c1-5-20(11-13-8-6-7-9-18-13)16-19-15(12(2)3)14(21-16)10-17-4/h6-9,12,17H,5,10-11H2,1-4H3. The Balaban J connectivity index is 2.23. The summed E-state index contributed by atoms with van der Waals surface area (Å²) in [5, 5.41) is 4.33. The third-order valence-corrected chi connectivity index (χ3v) is 4.46. The molecular weight excluding hydrogens is 280 g/mol. The fourth-order valence-electron chi connectivity index (χ4n) is 2.23. The zero-order chi connectivity index (χ0) is 15.2. The van der Waals surface area contributed by atoms with E-state index in [9.17, 15) is 0 Å². The topological polar surface area (TPSA) is 41.1 Å². The largest absolute Gasteiger partial charge is 0.342 e. The molecule has 0 aliphatic rings. The van der Waals surface area contributed by atoms with E-state index >= 15 is 0 Å². The number of rotatable bonds is 7. The fraction of sp³-hybridized carbons (Fsp3) is 0.500. The Kier molecular flexibility index (Phi) is 5.70. The molecule has 0 saturated heterocycles. The lowest BCUT2D eigenvalue weighted by atomic mass is 10.1. The third-order valence-electron chi connectivity index (χ3n) is 3.33. The van der Waals surface area contributed by atoms with Crippen molar-refractivity contribution in [3.63, 3.8) is 0 Å². The molecule has 0 aliphatic carbocycles. The summed E-state index contributed by atoms with van der Waals surface area (Å²) < 4.78 is 0. The van der Waals surface area contributed by atoms with E-state index < -0.39 is 0 Å². The van der Waals surface area contributed by atoms with Crippen LogP contribution >= 0.6 is 11.3 Å². The van der Waals surface area contributed by atoms with Gasteiger partial charge in [0.15, 0.2) is 5.13 Å². The molecule has 0 saturated carbocycles. The van der Waals surface area contributed by atoms with Crippen molar-refractivity contribution in [2.45, 2.75) is 39.8 Å². The molecule has 0 spiro atoms. The number of pyridine rings is 1. The highest BCUT2D eigenvalue weighted by molar-refractivity contribution is 7.15. The Bertz CT molecular complexity index is 551. The first-order chi connectivity index (χ1) is 10.2. The number of aromatic nitrogens is 2. The molecule has 4 nitrogen and oxygen atoms in total. The average molecular weight is 304 g/mol. The molecule has 2 rings (SSSR count). The Morgan fingerprint density at radius 2 is 2.14 bits per heavy atom. The van der Waals surface area contributed by atoms with Gasteiger partial charge in [-0.2, -0.15) is 0 Å². The molecule has 0 bridgehead atoms. The molecule has 0 aliphatic heterocycles. The van der Waals surface area contributed by atoms with Crippen molar-refractivity contribution in [2.75, 3.05) is 18.5 Å². The Hall–Kier alpha value is -1.46. The number of nitrogens with one attached hydrogen (secondary N) is 1. The van der Waals surface area contributed by atoms with Crippen LogP contribution in [0.25, 0.3) is 0 Å². The highest BCUT2D eigenvalue weighted by Gasteiger charge is 2.17. The monoisotopic (exact) mass is 304 g/mol. The maximum atomic E-state index is 4.87. The lowest BCUT2D eigenvalue weighted by molar-refractivity contribution is 0.760. The summed E-state index contributed by atoms with van der Waals surface area (Å²) in [6.07, 6.45) is 1.84. The van der Waals surface area contributed by atoms with E-state index in [0.717, 1.165) is 30.5 Å². The van der Waals surface area contributed by atoms with Crippen molar-refractivity contribution in [1.82, 2.24) is 15.3 Å². The van der Waals surface area contributed by atoms with E-state index in [1.165, 1.54) is 10.6 Å². The van der Waals surface area contributed by atoms with Gasteiger partial charge in [0.2, 0.25) is 0 Å². The van der Waals surface area contributed by atoms with E-state index in [1.54, 1.807) is 11.3 Å². The van der Waals surface area contributed by atoms with Crippen molar-refractivity contribution >= 4 is 16.5 Å². The summed E-state index contributed by atoms with van der Waals surface area (Å²) in [6, 6.07) is 6.04. The molecule has 21 heavy (non-hydrogen) atoms. The van der Waals surface area contributed by atoms with Gasteiger partial charge < -0.3 is 10.2 Å². The second-order valence-electron chi connectivity index (χ2n) is 5.33. The summed E-state index contributed by atoms with van der Waals surface area (Å²) in [5.74, 6) is 0.451. The van der Waals surface area contributed by atoms with Crippen molar-refractivity contribution < 1.29 is 0 Å². The number of hydrogen-bond donors (Lipinski definition) is 1. The summed E-state index contributed by atoms with van der Waals surface area (Å²) in [5.41, 5.74) is 2.29. The zero-order valence-corrected chi connectivity index (χ0v) is 14.1. The number of anilines is 1. The van der Waals surface area contributed by atoms with Crippen LogP contribution in [0.15, 0.2) is 24.4 Å². The SMILES string of the molecule is CCN(Cc1ccccn1)c1nc(C(C)C)c(CNC)s1. The van der Waals surface area contributed by atoms with Crippen molar-refractivity contribution in [1.29, 1.82) is 0 Å². The predicted molar refractivity (Wildman–Crippen MR) is 89.9 cm³/mol. The highest BCUT2D eigenvalue weighted by atomic mass is 32.1. The molecule has 2 aromatic rings. The fourth-order valence-corrected chi connectivity index (χ4v) is 3.52. The smallest absolute Gasteiger partial charge is 0.186 e. The van der Waals surface area contributed by atoms with Crippen LogP contribution in [-0.4, -0.2) is 23.6 Å². The van der Waals surface area contributed by atoms with Gasteiger partial charge in [-0.05, 0) is 32.0 Å². The normalized spacial score (nSPS) is 11.1. The molecule has 0 radical (unpaired) electrons. The summed E-state index contributed by atoms with van der Waals surface area (Å²) in [6.45, 7) is 9.19. The first-order valence-corrected chi connectivity index (χ1v) is 8.26. The molecule has 0 unspecified atom stereocenters. The summed E-state index contributed by atoms with van der Waals surface area (Å²) in [4.78, 5) is 12.9. The van der Waals surface area contributed by atoms with Crippen LogP contribution in [0.2, 0.25) is 0 Å². The third kappa shape index (κ3) is 4.02. The van der Waals surface area contributed by atoms with E-state index in [1.807, 2.05) is 25.4 Å². The maximum Gasteiger partial charge on any atom is 0.186 e. The van der Waals surface area contributed by atoms with Crippen LogP contribution in [0.5, 0.6) is 0 Å². The number of thiazole rings is 1. The van der Waals surface area contributed by atoms with Gasteiger partial charge in [-0.25, -0.2) is 4.98 Å². The first-order valence-electron chi connectivity index (χ1n) is 7.44. The van der Waals surface area contributed by atoms with Crippen LogP contribution in [0.4, 0.5) is 5.13 Å². The van der Waals surface area contributed by atoms with Crippen molar-refractivity contribution in [2.24, 2.45) is 0 Å². The molecular formula is C16H24N4S. The Morgan fingerprint density at radius 1 is 1.33 bits per heavy atom. The average Bonchev–Trinajstić information content (AvgIpc) is 2.90. The minimum Gasteiger partial charge on any atom is -0.342 e. The van der Waals surface area contributed by atoms with Crippen LogP contribution in [0.1, 0.15) is 43.0 Å². The van der Waals surface area contributed by atoms with Crippen molar-refractivity contribution in [3.05, 3.63) is 40.7 Å². The molecule has 0 amide bonds. The number of nitrogens with zero attached hydrogens (tertiary/aromatic N) is 3. The highest BCUT2D eigenvalue weighted by Crippen LogP contribution is 2.31. The zero-order valence-electron chi connectivity index (χ0n) is 13.3. The molecule has 0 fully saturated rings. The lowest BCUT2D eigenvalue weighted by Crippen LogP contribution is -2.22. The van der Waals surface area contributed by atoms with Gasteiger partial charge in [-0.15, -0.1) is 11.3 Å². The molecule has 2 heterocycles. The van der Waals surface area contributed by atoms with Gasteiger partial charge in [0.05, 0.1) is 17.9 Å². The second kappa shape index (κ2) is 7.52. The van der Waals surface area contributed by atoms with Gasteiger partial charge in [-0.1, -0.05) is 19.9 Å².